The first-order chi connectivity index (χ1) is 11.2. The standard InChI is InChI=1S/C14H9F2N3O4S/c1-24(21,22)19-14(20)9-5-11(16)12(6-10(9)15)23-13-4-8(7-17)2-3-18-13/h2-6H,1H3,(H,19,20). The Morgan fingerprint density at radius 3 is 2.62 bits per heavy atom. The van der Waals surface area contributed by atoms with Crippen molar-refractivity contribution in [3.63, 3.8) is 0 Å². The minimum Gasteiger partial charge on any atom is -0.436 e. The van der Waals surface area contributed by atoms with Crippen LogP contribution in [0.15, 0.2) is 30.5 Å². The maximum Gasteiger partial charge on any atom is 0.267 e. The van der Waals surface area contributed by atoms with Gasteiger partial charge in [-0.3, -0.25) is 4.79 Å². The molecule has 7 nitrogen and oxygen atoms in total. The van der Waals surface area contributed by atoms with Gasteiger partial charge in [0.05, 0.1) is 23.5 Å². The van der Waals surface area contributed by atoms with Gasteiger partial charge in [0.1, 0.15) is 5.82 Å². The molecule has 2 rings (SSSR count). The van der Waals surface area contributed by atoms with E-state index in [0.717, 1.165) is 0 Å². The molecule has 0 fully saturated rings. The number of carbonyl (C=O) groups excluding carboxylic acids is 1. The first kappa shape index (κ1) is 17.3. The molecule has 1 aromatic carbocycles. The lowest BCUT2D eigenvalue weighted by Crippen LogP contribution is -2.30. The van der Waals surface area contributed by atoms with E-state index >= 15 is 0 Å². The fraction of sp³-hybridized carbons (Fsp3) is 0.0714. The van der Waals surface area contributed by atoms with E-state index in [0.29, 0.717) is 18.4 Å². The molecule has 0 aliphatic heterocycles. The summed E-state index contributed by atoms with van der Waals surface area (Å²) in [6.07, 6.45) is 1.95. The average molecular weight is 353 g/mol. The van der Waals surface area contributed by atoms with Gasteiger partial charge in [0.15, 0.2) is 11.6 Å². The summed E-state index contributed by atoms with van der Waals surface area (Å²) in [6.45, 7) is 0. The second kappa shape index (κ2) is 6.59. The third-order valence-electron chi connectivity index (χ3n) is 2.62. The van der Waals surface area contributed by atoms with Crippen LogP contribution in [0.1, 0.15) is 15.9 Å². The van der Waals surface area contributed by atoms with Gasteiger partial charge in [-0.2, -0.15) is 5.26 Å². The van der Waals surface area contributed by atoms with E-state index in [1.807, 2.05) is 6.07 Å². The molecule has 0 saturated heterocycles. The molecule has 0 saturated carbocycles. The Bertz CT molecular complexity index is 955. The number of pyridine rings is 1. The molecule has 0 aliphatic carbocycles. The monoisotopic (exact) mass is 353 g/mol. The van der Waals surface area contributed by atoms with Gasteiger partial charge in [0.2, 0.25) is 15.9 Å². The number of nitrogens with one attached hydrogen (secondary N) is 1. The fourth-order valence-electron chi connectivity index (χ4n) is 1.65. The molecule has 0 bridgehead atoms. The van der Waals surface area contributed by atoms with Crippen LogP contribution < -0.4 is 9.46 Å². The number of nitriles is 1. The second-order valence-electron chi connectivity index (χ2n) is 4.56. The molecule has 1 N–H and O–H groups in total. The number of halogens is 2. The molecular formula is C14H9F2N3O4S. The fourth-order valence-corrected chi connectivity index (χ4v) is 2.10. The zero-order chi connectivity index (χ0) is 17.9. The third-order valence-corrected chi connectivity index (χ3v) is 3.18. The summed E-state index contributed by atoms with van der Waals surface area (Å²) in [5, 5.41) is 8.76. The molecule has 1 aromatic heterocycles. The van der Waals surface area contributed by atoms with Crippen molar-refractivity contribution in [1.82, 2.24) is 9.71 Å². The van der Waals surface area contributed by atoms with E-state index in [2.05, 4.69) is 4.98 Å². The minimum atomic E-state index is -3.93. The summed E-state index contributed by atoms with van der Waals surface area (Å²) in [5.41, 5.74) is -0.603. The van der Waals surface area contributed by atoms with Gasteiger partial charge in [-0.1, -0.05) is 0 Å². The first-order valence-corrected chi connectivity index (χ1v) is 8.14. The largest absolute Gasteiger partial charge is 0.436 e. The molecule has 0 spiro atoms. The molecule has 1 amide bonds. The van der Waals surface area contributed by atoms with Crippen molar-refractivity contribution < 1.29 is 26.7 Å². The highest BCUT2D eigenvalue weighted by atomic mass is 32.2. The van der Waals surface area contributed by atoms with Crippen LogP contribution in [0.5, 0.6) is 11.6 Å². The second-order valence-corrected chi connectivity index (χ2v) is 6.31. The van der Waals surface area contributed by atoms with Crippen molar-refractivity contribution in [2.45, 2.75) is 0 Å². The lowest BCUT2D eigenvalue weighted by molar-refractivity contribution is 0.0977. The van der Waals surface area contributed by atoms with E-state index in [-0.39, 0.29) is 11.4 Å². The van der Waals surface area contributed by atoms with Gasteiger partial charge in [-0.05, 0) is 12.1 Å². The molecule has 0 aliphatic rings. The van der Waals surface area contributed by atoms with E-state index in [1.165, 1.54) is 23.1 Å². The lowest BCUT2D eigenvalue weighted by atomic mass is 10.2. The van der Waals surface area contributed by atoms with Crippen LogP contribution in [0.4, 0.5) is 8.78 Å². The molecule has 0 radical (unpaired) electrons. The Hall–Kier alpha value is -3.06. The van der Waals surface area contributed by atoms with Crippen LogP contribution in [0.3, 0.4) is 0 Å². The molecule has 1 heterocycles. The molecule has 124 valence electrons. The number of sulfonamides is 1. The Kier molecular flexibility index (Phi) is 4.75. The van der Waals surface area contributed by atoms with E-state index in [9.17, 15) is 22.0 Å². The van der Waals surface area contributed by atoms with Crippen LogP contribution in [0, 0.1) is 23.0 Å². The number of ether oxygens (including phenoxy) is 1. The summed E-state index contributed by atoms with van der Waals surface area (Å²) in [5.74, 6) is -4.35. The Morgan fingerprint density at radius 2 is 2.00 bits per heavy atom. The van der Waals surface area contributed by atoms with Crippen molar-refractivity contribution in [3.8, 4) is 17.7 Å². The van der Waals surface area contributed by atoms with E-state index in [4.69, 9.17) is 10.00 Å². The minimum absolute atomic E-state index is 0.152. The van der Waals surface area contributed by atoms with Crippen molar-refractivity contribution in [2.24, 2.45) is 0 Å². The highest BCUT2D eigenvalue weighted by Gasteiger charge is 2.20. The van der Waals surface area contributed by atoms with Crippen LogP contribution in [-0.2, 0) is 10.0 Å². The van der Waals surface area contributed by atoms with Gasteiger partial charge in [0, 0.05) is 18.3 Å². The van der Waals surface area contributed by atoms with Gasteiger partial charge in [-0.25, -0.2) is 26.9 Å². The summed E-state index contributed by atoms with van der Waals surface area (Å²) < 4.78 is 56.4. The molecule has 24 heavy (non-hydrogen) atoms. The molecule has 2 aromatic rings. The van der Waals surface area contributed by atoms with Gasteiger partial charge in [0.25, 0.3) is 5.91 Å². The number of nitrogens with zero attached hydrogens (tertiary/aromatic N) is 2. The van der Waals surface area contributed by atoms with Crippen molar-refractivity contribution in [2.75, 3.05) is 6.26 Å². The molecule has 0 atom stereocenters. The average Bonchev–Trinajstić information content (AvgIpc) is 2.49. The van der Waals surface area contributed by atoms with Gasteiger partial charge in [-0.15, -0.1) is 0 Å². The summed E-state index contributed by atoms with van der Waals surface area (Å²) in [4.78, 5) is 15.3. The lowest BCUT2D eigenvalue weighted by Gasteiger charge is -2.09. The van der Waals surface area contributed by atoms with Gasteiger partial charge < -0.3 is 4.74 Å². The Balaban J connectivity index is 2.33. The van der Waals surface area contributed by atoms with Crippen LogP contribution in [0.25, 0.3) is 0 Å². The normalized spacial score (nSPS) is 10.8. The summed E-state index contributed by atoms with van der Waals surface area (Å²) in [6, 6.07) is 5.50. The number of aromatic nitrogens is 1. The van der Waals surface area contributed by atoms with E-state index < -0.39 is 38.9 Å². The van der Waals surface area contributed by atoms with Crippen LogP contribution in [-0.4, -0.2) is 25.6 Å². The van der Waals surface area contributed by atoms with Crippen molar-refractivity contribution in [3.05, 3.63) is 53.2 Å². The maximum absolute atomic E-state index is 14.0. The number of carbonyl (C=O) groups is 1. The molecule has 0 unspecified atom stereocenters. The highest BCUT2D eigenvalue weighted by molar-refractivity contribution is 7.89. The number of benzene rings is 1. The number of rotatable bonds is 4. The third kappa shape index (κ3) is 4.23. The Morgan fingerprint density at radius 1 is 1.29 bits per heavy atom. The number of amides is 1. The van der Waals surface area contributed by atoms with Gasteiger partial charge >= 0.3 is 0 Å². The summed E-state index contributed by atoms with van der Waals surface area (Å²) >= 11 is 0. The Labute approximate surface area is 135 Å². The SMILES string of the molecule is CS(=O)(=O)NC(=O)c1cc(F)c(Oc2cc(C#N)ccn2)cc1F. The topological polar surface area (TPSA) is 109 Å². The highest BCUT2D eigenvalue weighted by Crippen LogP contribution is 2.26. The first-order valence-electron chi connectivity index (χ1n) is 6.25. The predicted octanol–water partition coefficient (Wildman–Crippen LogP) is 1.71. The van der Waals surface area contributed by atoms with Crippen LogP contribution in [0.2, 0.25) is 0 Å². The predicted molar refractivity (Wildman–Crippen MR) is 77.7 cm³/mol. The number of hydrogen-bond donors (Lipinski definition) is 1. The summed E-state index contributed by atoms with van der Waals surface area (Å²) in [7, 11) is -3.93. The quantitative estimate of drug-likeness (QED) is 0.896. The zero-order valence-corrected chi connectivity index (χ0v) is 12.9. The number of hydrogen-bond acceptors (Lipinski definition) is 6. The van der Waals surface area contributed by atoms with Crippen LogP contribution >= 0.6 is 0 Å². The maximum atomic E-state index is 14.0. The molecular weight excluding hydrogens is 344 g/mol. The van der Waals surface area contributed by atoms with Crippen molar-refractivity contribution >= 4 is 15.9 Å². The zero-order valence-electron chi connectivity index (χ0n) is 12.1. The van der Waals surface area contributed by atoms with Crippen molar-refractivity contribution in [1.29, 1.82) is 5.26 Å². The van der Waals surface area contributed by atoms with E-state index in [1.54, 1.807) is 0 Å². The molecule has 10 heteroatoms. The smallest absolute Gasteiger partial charge is 0.267 e.